The quantitative estimate of drug-likeness (QED) is 0.717. The van der Waals surface area contributed by atoms with Crippen LogP contribution in [0.4, 0.5) is 4.39 Å². The summed E-state index contributed by atoms with van der Waals surface area (Å²) in [6.07, 6.45) is 1.20. The molecular weight excluding hydrogens is 223 g/mol. The van der Waals surface area contributed by atoms with Crippen LogP contribution in [-0.2, 0) is 16.1 Å². The van der Waals surface area contributed by atoms with Gasteiger partial charge in [-0.3, -0.25) is 0 Å². The largest absolute Gasteiger partial charge is 0.494 e. The van der Waals surface area contributed by atoms with Crippen LogP contribution in [0.1, 0.15) is 30.4 Å². The van der Waals surface area contributed by atoms with E-state index in [1.165, 1.54) is 13.2 Å². The van der Waals surface area contributed by atoms with E-state index in [4.69, 9.17) is 9.47 Å². The zero-order valence-corrected chi connectivity index (χ0v) is 10.3. The van der Waals surface area contributed by atoms with Crippen molar-refractivity contribution >= 4 is 6.29 Å². The first-order valence-electron chi connectivity index (χ1n) is 5.42. The molecule has 0 fully saturated rings. The summed E-state index contributed by atoms with van der Waals surface area (Å²) in [6.45, 7) is 2.25. The van der Waals surface area contributed by atoms with Gasteiger partial charge in [0.2, 0.25) is 0 Å². The highest BCUT2D eigenvalue weighted by molar-refractivity contribution is 5.52. The Balaban J connectivity index is 3.16. The third kappa shape index (κ3) is 3.27. The molecule has 3 nitrogen and oxygen atoms in total. The van der Waals surface area contributed by atoms with Gasteiger partial charge in [-0.1, -0.05) is 6.92 Å². The molecule has 17 heavy (non-hydrogen) atoms. The number of aldehydes is 1. The average molecular weight is 240 g/mol. The lowest BCUT2D eigenvalue weighted by molar-refractivity contribution is -0.108. The molecule has 0 aromatic heterocycles. The molecule has 94 valence electrons. The van der Waals surface area contributed by atoms with Crippen LogP contribution in [-0.4, -0.2) is 20.5 Å². The van der Waals surface area contributed by atoms with Gasteiger partial charge in [-0.15, -0.1) is 0 Å². The number of carbonyl (C=O) groups excluding carboxylic acids is 1. The molecule has 0 saturated heterocycles. The fourth-order valence-electron chi connectivity index (χ4n) is 1.78. The second-order valence-corrected chi connectivity index (χ2v) is 3.92. The van der Waals surface area contributed by atoms with Crippen LogP contribution >= 0.6 is 0 Å². The van der Waals surface area contributed by atoms with Crippen molar-refractivity contribution in [3.63, 3.8) is 0 Å². The minimum atomic E-state index is -0.417. The number of halogens is 1. The standard InChI is InChI=1S/C13H17FO3/c1-9(4-5-15)11-7-12(14)13(17-3)6-10(11)8-16-2/h5-7,9H,4,8H2,1-3H3. The smallest absolute Gasteiger partial charge is 0.165 e. The lowest BCUT2D eigenvalue weighted by Gasteiger charge is -2.16. The van der Waals surface area contributed by atoms with Crippen LogP contribution in [0.25, 0.3) is 0 Å². The second-order valence-electron chi connectivity index (χ2n) is 3.92. The van der Waals surface area contributed by atoms with Gasteiger partial charge >= 0.3 is 0 Å². The maximum absolute atomic E-state index is 13.6. The molecule has 0 N–H and O–H groups in total. The topological polar surface area (TPSA) is 35.5 Å². The zero-order valence-electron chi connectivity index (χ0n) is 10.3. The van der Waals surface area contributed by atoms with Crippen LogP contribution < -0.4 is 4.74 Å². The van der Waals surface area contributed by atoms with Crippen molar-refractivity contribution in [3.05, 3.63) is 29.1 Å². The van der Waals surface area contributed by atoms with E-state index in [-0.39, 0.29) is 11.7 Å². The first-order chi connectivity index (χ1) is 8.13. The second kappa shape index (κ2) is 6.35. The molecule has 1 aromatic rings. The van der Waals surface area contributed by atoms with Crippen molar-refractivity contribution in [3.8, 4) is 5.75 Å². The first kappa shape index (κ1) is 13.6. The van der Waals surface area contributed by atoms with E-state index in [0.717, 1.165) is 17.4 Å². The lowest BCUT2D eigenvalue weighted by atomic mass is 9.93. The van der Waals surface area contributed by atoms with Crippen LogP contribution in [0.5, 0.6) is 5.75 Å². The Morgan fingerprint density at radius 3 is 2.65 bits per heavy atom. The predicted octanol–water partition coefficient (Wildman–Crippen LogP) is 2.67. The molecule has 0 aliphatic heterocycles. The Morgan fingerprint density at radius 2 is 2.12 bits per heavy atom. The van der Waals surface area contributed by atoms with E-state index >= 15 is 0 Å². The minimum absolute atomic E-state index is 0.0296. The number of carbonyl (C=O) groups is 1. The number of rotatable bonds is 6. The molecule has 1 rings (SSSR count). The molecular formula is C13H17FO3. The molecule has 1 aromatic carbocycles. The van der Waals surface area contributed by atoms with Crippen LogP contribution in [0, 0.1) is 5.82 Å². The van der Waals surface area contributed by atoms with Gasteiger partial charge in [0.15, 0.2) is 11.6 Å². The van der Waals surface area contributed by atoms with E-state index in [1.807, 2.05) is 6.92 Å². The highest BCUT2D eigenvalue weighted by Gasteiger charge is 2.15. The molecule has 0 heterocycles. The minimum Gasteiger partial charge on any atom is -0.494 e. The van der Waals surface area contributed by atoms with Gasteiger partial charge in [-0.05, 0) is 29.2 Å². The summed E-state index contributed by atoms with van der Waals surface area (Å²) < 4.78 is 23.6. The summed E-state index contributed by atoms with van der Waals surface area (Å²) in [5.41, 5.74) is 1.64. The number of ether oxygens (including phenoxy) is 2. The Hall–Kier alpha value is -1.42. The molecule has 0 spiro atoms. The van der Waals surface area contributed by atoms with Crippen molar-refractivity contribution in [2.24, 2.45) is 0 Å². The normalized spacial score (nSPS) is 12.2. The Morgan fingerprint density at radius 1 is 1.41 bits per heavy atom. The van der Waals surface area contributed by atoms with Crippen LogP contribution in [0.15, 0.2) is 12.1 Å². The van der Waals surface area contributed by atoms with Crippen molar-refractivity contribution in [1.82, 2.24) is 0 Å². The summed E-state index contributed by atoms with van der Waals surface area (Å²) in [5, 5.41) is 0. The van der Waals surface area contributed by atoms with Gasteiger partial charge < -0.3 is 14.3 Å². The monoisotopic (exact) mass is 240 g/mol. The van der Waals surface area contributed by atoms with Crippen molar-refractivity contribution in [2.45, 2.75) is 25.9 Å². The maximum Gasteiger partial charge on any atom is 0.165 e. The molecule has 0 bridgehead atoms. The fraction of sp³-hybridized carbons (Fsp3) is 0.462. The molecule has 0 saturated carbocycles. The zero-order chi connectivity index (χ0) is 12.8. The van der Waals surface area contributed by atoms with Gasteiger partial charge in [0.1, 0.15) is 6.29 Å². The highest BCUT2D eigenvalue weighted by Crippen LogP contribution is 2.29. The van der Waals surface area contributed by atoms with Gasteiger partial charge in [0.25, 0.3) is 0 Å². The van der Waals surface area contributed by atoms with Crippen molar-refractivity contribution < 1.29 is 18.7 Å². The first-order valence-corrected chi connectivity index (χ1v) is 5.42. The molecule has 0 radical (unpaired) electrons. The van der Waals surface area contributed by atoms with Gasteiger partial charge in [-0.2, -0.15) is 0 Å². The predicted molar refractivity (Wildman–Crippen MR) is 62.8 cm³/mol. The lowest BCUT2D eigenvalue weighted by Crippen LogP contribution is -2.04. The van der Waals surface area contributed by atoms with Gasteiger partial charge in [0, 0.05) is 13.5 Å². The Kier molecular flexibility index (Phi) is 5.10. The SMILES string of the molecule is COCc1cc(OC)c(F)cc1C(C)CC=O. The third-order valence-electron chi connectivity index (χ3n) is 2.69. The highest BCUT2D eigenvalue weighted by atomic mass is 19.1. The van der Waals surface area contributed by atoms with E-state index < -0.39 is 5.82 Å². The number of hydrogen-bond donors (Lipinski definition) is 0. The van der Waals surface area contributed by atoms with Crippen LogP contribution in [0.2, 0.25) is 0 Å². The summed E-state index contributed by atoms with van der Waals surface area (Å²) >= 11 is 0. The van der Waals surface area contributed by atoms with E-state index in [9.17, 15) is 9.18 Å². The molecule has 0 amide bonds. The fourth-order valence-corrected chi connectivity index (χ4v) is 1.78. The summed E-state index contributed by atoms with van der Waals surface area (Å²) in [7, 11) is 2.99. The number of hydrogen-bond acceptors (Lipinski definition) is 3. The summed E-state index contributed by atoms with van der Waals surface area (Å²) in [4.78, 5) is 10.5. The van der Waals surface area contributed by atoms with Crippen LogP contribution in [0.3, 0.4) is 0 Å². The molecule has 1 unspecified atom stereocenters. The van der Waals surface area contributed by atoms with Gasteiger partial charge in [0.05, 0.1) is 13.7 Å². The third-order valence-corrected chi connectivity index (χ3v) is 2.69. The Bertz CT molecular complexity index is 390. The molecule has 0 aliphatic rings. The molecule has 0 aliphatic carbocycles. The van der Waals surface area contributed by atoms with Crippen molar-refractivity contribution in [2.75, 3.05) is 14.2 Å². The number of benzene rings is 1. The summed E-state index contributed by atoms with van der Waals surface area (Å²) in [5.74, 6) is -0.253. The van der Waals surface area contributed by atoms with Gasteiger partial charge in [-0.25, -0.2) is 4.39 Å². The average Bonchev–Trinajstić information content (AvgIpc) is 2.31. The summed E-state index contributed by atoms with van der Waals surface area (Å²) in [6, 6.07) is 3.04. The molecule has 1 atom stereocenters. The van der Waals surface area contributed by atoms with E-state index in [2.05, 4.69) is 0 Å². The molecule has 4 heteroatoms. The van der Waals surface area contributed by atoms with Crippen molar-refractivity contribution in [1.29, 1.82) is 0 Å². The number of methoxy groups -OCH3 is 2. The van der Waals surface area contributed by atoms with E-state index in [1.54, 1.807) is 13.2 Å². The Labute approximate surface area is 101 Å². The van der Waals surface area contributed by atoms with E-state index in [0.29, 0.717) is 13.0 Å². The maximum atomic E-state index is 13.6.